The molecule has 2 aliphatic carbocycles. The first kappa shape index (κ1) is 9.02. The molecule has 0 aliphatic heterocycles. The van der Waals surface area contributed by atoms with Gasteiger partial charge in [-0.25, -0.2) is 0 Å². The Morgan fingerprint density at radius 2 is 1.93 bits per heavy atom. The van der Waals surface area contributed by atoms with Gasteiger partial charge in [-0.05, 0) is 42.7 Å². The second-order valence-electron chi connectivity index (χ2n) is 4.66. The highest BCUT2D eigenvalue weighted by atomic mass is 16.5. The molecule has 0 unspecified atom stereocenters. The SMILES string of the molecule is C1=C[C@H]2C[C@@H]1C[C@H]2COc1ccccc1. The first-order valence-corrected chi connectivity index (χ1v) is 5.78. The Balaban J connectivity index is 1.57. The molecule has 2 aliphatic rings. The van der Waals surface area contributed by atoms with Gasteiger partial charge in [-0.3, -0.25) is 0 Å². The van der Waals surface area contributed by atoms with Crippen molar-refractivity contribution in [2.75, 3.05) is 6.61 Å². The standard InChI is InChI=1S/C14H16O/c1-2-4-14(5-3-1)15-10-13-9-11-6-7-12(13)8-11/h1-7,11-13H,8-10H2/t11-,12+,13+/m1/s1. The minimum Gasteiger partial charge on any atom is -0.493 e. The Bertz CT molecular complexity index is 355. The highest BCUT2D eigenvalue weighted by molar-refractivity contribution is 5.21. The van der Waals surface area contributed by atoms with Crippen molar-refractivity contribution in [1.29, 1.82) is 0 Å². The van der Waals surface area contributed by atoms with Gasteiger partial charge >= 0.3 is 0 Å². The fourth-order valence-corrected chi connectivity index (χ4v) is 2.81. The number of para-hydroxylation sites is 1. The lowest BCUT2D eigenvalue weighted by molar-refractivity contribution is 0.228. The molecule has 3 rings (SSSR count). The Kier molecular flexibility index (Phi) is 2.24. The van der Waals surface area contributed by atoms with Crippen LogP contribution >= 0.6 is 0 Å². The van der Waals surface area contributed by atoms with E-state index in [1.807, 2.05) is 30.3 Å². The molecule has 0 N–H and O–H groups in total. The third-order valence-corrected chi connectivity index (χ3v) is 3.62. The van der Waals surface area contributed by atoms with Crippen LogP contribution in [0, 0.1) is 17.8 Å². The van der Waals surface area contributed by atoms with E-state index in [4.69, 9.17) is 4.74 Å². The van der Waals surface area contributed by atoms with E-state index in [1.165, 1.54) is 12.8 Å². The summed E-state index contributed by atoms with van der Waals surface area (Å²) in [6.07, 6.45) is 7.45. The van der Waals surface area contributed by atoms with Gasteiger partial charge in [-0.15, -0.1) is 0 Å². The van der Waals surface area contributed by atoms with Crippen molar-refractivity contribution >= 4 is 0 Å². The molecule has 2 bridgehead atoms. The maximum atomic E-state index is 5.81. The molecule has 1 aromatic rings. The van der Waals surface area contributed by atoms with Crippen LogP contribution in [0.5, 0.6) is 5.75 Å². The molecule has 0 radical (unpaired) electrons. The first-order valence-electron chi connectivity index (χ1n) is 5.78. The molecule has 3 atom stereocenters. The van der Waals surface area contributed by atoms with E-state index in [0.29, 0.717) is 0 Å². The van der Waals surface area contributed by atoms with Gasteiger partial charge in [0.05, 0.1) is 6.61 Å². The van der Waals surface area contributed by atoms with E-state index in [9.17, 15) is 0 Å². The molecule has 0 saturated heterocycles. The predicted molar refractivity (Wildman–Crippen MR) is 60.8 cm³/mol. The van der Waals surface area contributed by atoms with Crippen LogP contribution in [-0.2, 0) is 0 Å². The molecule has 78 valence electrons. The molecule has 0 spiro atoms. The number of benzene rings is 1. The fraction of sp³-hybridized carbons (Fsp3) is 0.429. The van der Waals surface area contributed by atoms with Crippen LogP contribution in [-0.4, -0.2) is 6.61 Å². The molecule has 1 fully saturated rings. The van der Waals surface area contributed by atoms with Crippen molar-refractivity contribution in [3.63, 3.8) is 0 Å². The monoisotopic (exact) mass is 200 g/mol. The molecule has 1 aromatic carbocycles. The zero-order valence-corrected chi connectivity index (χ0v) is 8.80. The van der Waals surface area contributed by atoms with Gasteiger partial charge in [0.1, 0.15) is 5.75 Å². The average molecular weight is 200 g/mol. The number of fused-ring (bicyclic) bond motifs is 2. The number of allylic oxidation sites excluding steroid dienone is 2. The number of rotatable bonds is 3. The predicted octanol–water partition coefficient (Wildman–Crippen LogP) is 3.28. The number of hydrogen-bond acceptors (Lipinski definition) is 1. The zero-order chi connectivity index (χ0) is 10.1. The van der Waals surface area contributed by atoms with Gasteiger partial charge < -0.3 is 4.74 Å². The summed E-state index contributed by atoms with van der Waals surface area (Å²) >= 11 is 0. The lowest BCUT2D eigenvalue weighted by Crippen LogP contribution is -2.16. The van der Waals surface area contributed by atoms with Gasteiger partial charge in [0.2, 0.25) is 0 Å². The van der Waals surface area contributed by atoms with Crippen molar-refractivity contribution in [2.24, 2.45) is 17.8 Å². The van der Waals surface area contributed by atoms with Crippen LogP contribution in [0.3, 0.4) is 0 Å². The van der Waals surface area contributed by atoms with E-state index < -0.39 is 0 Å². The van der Waals surface area contributed by atoms with Crippen LogP contribution < -0.4 is 4.74 Å². The second-order valence-corrected chi connectivity index (χ2v) is 4.66. The summed E-state index contributed by atoms with van der Waals surface area (Å²) in [5.74, 6) is 3.39. The molecule has 1 heteroatoms. The van der Waals surface area contributed by atoms with Gasteiger partial charge in [0.15, 0.2) is 0 Å². The van der Waals surface area contributed by atoms with Crippen LogP contribution in [0.15, 0.2) is 42.5 Å². The largest absolute Gasteiger partial charge is 0.493 e. The summed E-state index contributed by atoms with van der Waals surface area (Å²) in [5, 5.41) is 0. The molecular formula is C14H16O. The lowest BCUT2D eigenvalue weighted by Gasteiger charge is -2.18. The molecule has 1 saturated carbocycles. The van der Waals surface area contributed by atoms with E-state index in [0.717, 1.165) is 30.1 Å². The summed E-state index contributed by atoms with van der Waals surface area (Å²) in [5.41, 5.74) is 0. The van der Waals surface area contributed by atoms with Crippen LogP contribution in [0.2, 0.25) is 0 Å². The van der Waals surface area contributed by atoms with Crippen molar-refractivity contribution in [1.82, 2.24) is 0 Å². The van der Waals surface area contributed by atoms with Crippen molar-refractivity contribution in [2.45, 2.75) is 12.8 Å². The van der Waals surface area contributed by atoms with Gasteiger partial charge in [-0.1, -0.05) is 30.4 Å². The van der Waals surface area contributed by atoms with Gasteiger partial charge in [0, 0.05) is 0 Å². The van der Waals surface area contributed by atoms with Crippen molar-refractivity contribution < 1.29 is 4.74 Å². The molecule has 0 amide bonds. The molecule has 15 heavy (non-hydrogen) atoms. The summed E-state index contributed by atoms with van der Waals surface area (Å²) in [4.78, 5) is 0. The highest BCUT2D eigenvalue weighted by Gasteiger charge is 2.35. The van der Waals surface area contributed by atoms with Gasteiger partial charge in [-0.2, -0.15) is 0 Å². The van der Waals surface area contributed by atoms with E-state index >= 15 is 0 Å². The fourth-order valence-electron chi connectivity index (χ4n) is 2.81. The average Bonchev–Trinajstić information content (AvgIpc) is 2.89. The topological polar surface area (TPSA) is 9.23 Å². The van der Waals surface area contributed by atoms with Crippen LogP contribution in [0.4, 0.5) is 0 Å². The Hall–Kier alpha value is -1.24. The van der Waals surface area contributed by atoms with Crippen molar-refractivity contribution in [3.8, 4) is 5.75 Å². The Morgan fingerprint density at radius 3 is 2.60 bits per heavy atom. The second kappa shape index (κ2) is 3.73. The molecule has 0 aromatic heterocycles. The smallest absolute Gasteiger partial charge is 0.119 e. The van der Waals surface area contributed by atoms with Crippen LogP contribution in [0.25, 0.3) is 0 Å². The number of hydrogen-bond donors (Lipinski definition) is 0. The van der Waals surface area contributed by atoms with E-state index in [2.05, 4.69) is 12.2 Å². The Morgan fingerprint density at radius 1 is 1.07 bits per heavy atom. The maximum absolute atomic E-state index is 5.81. The van der Waals surface area contributed by atoms with Crippen LogP contribution in [0.1, 0.15) is 12.8 Å². The van der Waals surface area contributed by atoms with E-state index in [-0.39, 0.29) is 0 Å². The highest BCUT2D eigenvalue weighted by Crippen LogP contribution is 2.43. The molecule has 1 nitrogen and oxygen atoms in total. The summed E-state index contributed by atoms with van der Waals surface area (Å²) in [6.45, 7) is 0.884. The van der Waals surface area contributed by atoms with Gasteiger partial charge in [0.25, 0.3) is 0 Å². The Labute approximate surface area is 90.8 Å². The van der Waals surface area contributed by atoms with Crippen molar-refractivity contribution in [3.05, 3.63) is 42.5 Å². The third-order valence-electron chi connectivity index (χ3n) is 3.62. The van der Waals surface area contributed by atoms with E-state index in [1.54, 1.807) is 0 Å². The quantitative estimate of drug-likeness (QED) is 0.680. The third kappa shape index (κ3) is 1.79. The minimum absolute atomic E-state index is 0.750. The normalized spacial score (nSPS) is 32.1. The first-order chi connectivity index (χ1) is 7.42. The minimum atomic E-state index is 0.750. The lowest BCUT2D eigenvalue weighted by atomic mass is 9.95. The summed E-state index contributed by atoms with van der Waals surface area (Å²) in [6, 6.07) is 10.1. The molecular weight excluding hydrogens is 184 g/mol. The summed E-state index contributed by atoms with van der Waals surface area (Å²) in [7, 11) is 0. The number of ether oxygens (including phenoxy) is 1. The molecule has 0 heterocycles. The zero-order valence-electron chi connectivity index (χ0n) is 8.80. The summed E-state index contributed by atoms with van der Waals surface area (Å²) < 4.78 is 5.81. The maximum Gasteiger partial charge on any atom is 0.119 e.